The third-order valence-electron chi connectivity index (χ3n) is 4.40. The maximum atomic E-state index is 6.15. The first kappa shape index (κ1) is 14.3. The molecule has 4 heterocycles. The van der Waals surface area contributed by atoms with Gasteiger partial charge < -0.3 is 14.4 Å². The molecule has 2 fully saturated rings. The van der Waals surface area contributed by atoms with E-state index in [0.29, 0.717) is 12.6 Å². The molecule has 23 heavy (non-hydrogen) atoms. The van der Waals surface area contributed by atoms with E-state index in [2.05, 4.69) is 24.8 Å². The molecule has 2 atom stereocenters. The summed E-state index contributed by atoms with van der Waals surface area (Å²) in [6.45, 7) is 2.38. The highest BCUT2D eigenvalue weighted by Gasteiger charge is 2.45. The molecule has 2 aliphatic heterocycles. The van der Waals surface area contributed by atoms with Gasteiger partial charge in [0, 0.05) is 44.3 Å². The van der Waals surface area contributed by atoms with Gasteiger partial charge in [-0.3, -0.25) is 4.98 Å². The summed E-state index contributed by atoms with van der Waals surface area (Å²) < 4.78 is 12.0. The van der Waals surface area contributed by atoms with Crippen LogP contribution in [0.4, 0.5) is 5.82 Å². The van der Waals surface area contributed by atoms with E-state index in [1.54, 1.807) is 37.1 Å². The second kappa shape index (κ2) is 6.08. The number of piperidine rings is 1. The molecule has 2 aromatic heterocycles. The zero-order valence-corrected chi connectivity index (χ0v) is 12.8. The van der Waals surface area contributed by atoms with Crippen molar-refractivity contribution >= 4 is 5.82 Å². The molecule has 0 saturated carbocycles. The quantitative estimate of drug-likeness (QED) is 0.849. The van der Waals surface area contributed by atoms with E-state index in [4.69, 9.17) is 9.47 Å². The Morgan fingerprint density at radius 2 is 2.09 bits per heavy atom. The lowest BCUT2D eigenvalue weighted by atomic mass is 9.89. The summed E-state index contributed by atoms with van der Waals surface area (Å²) in [4.78, 5) is 19.0. The van der Waals surface area contributed by atoms with Gasteiger partial charge in [-0.1, -0.05) is 0 Å². The molecule has 2 aliphatic rings. The molecule has 0 amide bonds. The van der Waals surface area contributed by atoms with Crippen LogP contribution in [-0.4, -0.2) is 51.3 Å². The lowest BCUT2D eigenvalue weighted by molar-refractivity contribution is -0.00844. The lowest BCUT2D eigenvalue weighted by Crippen LogP contribution is -2.48. The molecule has 4 rings (SSSR count). The average molecular weight is 313 g/mol. The van der Waals surface area contributed by atoms with E-state index >= 15 is 0 Å². The summed E-state index contributed by atoms with van der Waals surface area (Å²) in [5.41, 5.74) is -0.171. The molecule has 0 N–H and O–H groups in total. The molecule has 7 nitrogen and oxygen atoms in total. The van der Waals surface area contributed by atoms with Crippen LogP contribution < -0.4 is 9.64 Å². The molecule has 0 aromatic carbocycles. The molecule has 120 valence electrons. The number of aromatic nitrogens is 4. The zero-order valence-electron chi connectivity index (χ0n) is 12.8. The second-order valence-electron chi connectivity index (χ2n) is 6.06. The van der Waals surface area contributed by atoms with Crippen LogP contribution in [0.1, 0.15) is 19.3 Å². The summed E-state index contributed by atoms with van der Waals surface area (Å²) in [6, 6.07) is 2.19. The van der Waals surface area contributed by atoms with Crippen molar-refractivity contribution < 1.29 is 9.47 Å². The Hall–Kier alpha value is -2.28. The number of hydrogen-bond acceptors (Lipinski definition) is 7. The molecule has 7 heteroatoms. The Morgan fingerprint density at radius 1 is 1.17 bits per heavy atom. The van der Waals surface area contributed by atoms with Gasteiger partial charge in [0.05, 0.1) is 18.4 Å². The van der Waals surface area contributed by atoms with E-state index in [9.17, 15) is 0 Å². The van der Waals surface area contributed by atoms with Gasteiger partial charge in [0.1, 0.15) is 11.9 Å². The van der Waals surface area contributed by atoms with Crippen molar-refractivity contribution in [2.45, 2.75) is 31.0 Å². The molecular formula is C16H19N5O2. The maximum absolute atomic E-state index is 6.15. The molecule has 0 bridgehead atoms. The normalized spacial score (nSPS) is 27.3. The standard InChI is InChI=1S/C16H19N5O2/c1-3-16(12-21(8-1)14-10-17-6-7-18-14)9-13(11-22-16)23-15-19-4-2-5-20-15/h2,4-7,10,13H,1,3,8-9,11-12H2. The van der Waals surface area contributed by atoms with Crippen molar-refractivity contribution in [3.05, 3.63) is 37.1 Å². The number of rotatable bonds is 3. The molecule has 1 spiro atoms. The van der Waals surface area contributed by atoms with Crippen molar-refractivity contribution in [2.24, 2.45) is 0 Å². The molecule has 2 aromatic rings. The van der Waals surface area contributed by atoms with Crippen LogP contribution in [0.2, 0.25) is 0 Å². The molecule has 0 radical (unpaired) electrons. The third kappa shape index (κ3) is 3.10. The number of ether oxygens (including phenoxy) is 2. The zero-order chi connectivity index (χ0) is 15.5. The summed E-state index contributed by atoms with van der Waals surface area (Å²) >= 11 is 0. The fourth-order valence-corrected chi connectivity index (χ4v) is 3.41. The third-order valence-corrected chi connectivity index (χ3v) is 4.40. The molecular weight excluding hydrogens is 294 g/mol. The van der Waals surface area contributed by atoms with Crippen molar-refractivity contribution in [3.8, 4) is 6.01 Å². The van der Waals surface area contributed by atoms with Crippen LogP contribution in [0.25, 0.3) is 0 Å². The Bertz CT molecular complexity index is 641. The van der Waals surface area contributed by atoms with Crippen LogP contribution in [0.5, 0.6) is 6.01 Å². The molecule has 0 aliphatic carbocycles. The Balaban J connectivity index is 1.43. The molecule has 2 unspecified atom stereocenters. The number of nitrogens with zero attached hydrogens (tertiary/aromatic N) is 5. The van der Waals surface area contributed by atoms with Crippen LogP contribution in [0.15, 0.2) is 37.1 Å². The van der Waals surface area contributed by atoms with Gasteiger partial charge in [0.2, 0.25) is 0 Å². The van der Waals surface area contributed by atoms with Crippen molar-refractivity contribution in [1.82, 2.24) is 19.9 Å². The van der Waals surface area contributed by atoms with Crippen molar-refractivity contribution in [1.29, 1.82) is 0 Å². The fourth-order valence-electron chi connectivity index (χ4n) is 3.41. The first-order valence-electron chi connectivity index (χ1n) is 7.92. The average Bonchev–Trinajstić information content (AvgIpc) is 2.98. The summed E-state index contributed by atoms with van der Waals surface area (Å²) in [7, 11) is 0. The van der Waals surface area contributed by atoms with E-state index in [1.165, 1.54) is 0 Å². The minimum absolute atomic E-state index is 0.000734. The first-order valence-corrected chi connectivity index (χ1v) is 7.92. The Morgan fingerprint density at radius 3 is 2.91 bits per heavy atom. The minimum atomic E-state index is -0.171. The van der Waals surface area contributed by atoms with Gasteiger partial charge >= 0.3 is 6.01 Å². The number of anilines is 1. The van der Waals surface area contributed by atoms with Crippen LogP contribution in [0, 0.1) is 0 Å². The summed E-state index contributed by atoms with van der Waals surface area (Å²) in [6.07, 6.45) is 11.6. The topological polar surface area (TPSA) is 73.3 Å². The van der Waals surface area contributed by atoms with Gasteiger partial charge in [0.15, 0.2) is 0 Å². The monoisotopic (exact) mass is 313 g/mol. The predicted molar refractivity (Wildman–Crippen MR) is 83.2 cm³/mol. The highest BCUT2D eigenvalue weighted by Crippen LogP contribution is 2.36. The van der Waals surface area contributed by atoms with Crippen LogP contribution >= 0.6 is 0 Å². The lowest BCUT2D eigenvalue weighted by Gasteiger charge is -2.40. The van der Waals surface area contributed by atoms with Crippen molar-refractivity contribution in [2.75, 3.05) is 24.6 Å². The highest BCUT2D eigenvalue weighted by molar-refractivity contribution is 5.36. The van der Waals surface area contributed by atoms with Crippen molar-refractivity contribution in [3.63, 3.8) is 0 Å². The molecule has 2 saturated heterocycles. The smallest absolute Gasteiger partial charge is 0.316 e. The second-order valence-corrected chi connectivity index (χ2v) is 6.06. The van der Waals surface area contributed by atoms with E-state index in [1.807, 2.05) is 0 Å². The highest BCUT2D eigenvalue weighted by atomic mass is 16.6. The maximum Gasteiger partial charge on any atom is 0.316 e. The van der Waals surface area contributed by atoms with E-state index in [-0.39, 0.29) is 11.7 Å². The minimum Gasteiger partial charge on any atom is -0.458 e. The van der Waals surface area contributed by atoms with Crippen LogP contribution in [0.3, 0.4) is 0 Å². The Kier molecular flexibility index (Phi) is 3.78. The Labute approximate surface area is 134 Å². The van der Waals surface area contributed by atoms with E-state index in [0.717, 1.165) is 38.2 Å². The van der Waals surface area contributed by atoms with E-state index < -0.39 is 0 Å². The fraction of sp³-hybridized carbons (Fsp3) is 0.500. The van der Waals surface area contributed by atoms with Gasteiger partial charge in [-0.25, -0.2) is 15.0 Å². The summed E-state index contributed by atoms with van der Waals surface area (Å²) in [5.74, 6) is 0.908. The van der Waals surface area contributed by atoms with Gasteiger partial charge in [0.25, 0.3) is 0 Å². The first-order chi connectivity index (χ1) is 11.3. The number of hydrogen-bond donors (Lipinski definition) is 0. The van der Waals surface area contributed by atoms with Crippen LogP contribution in [-0.2, 0) is 4.74 Å². The summed E-state index contributed by atoms with van der Waals surface area (Å²) in [5, 5.41) is 0. The largest absolute Gasteiger partial charge is 0.458 e. The SMILES string of the molecule is c1cnc(OC2COC3(CCCN(c4cnccn4)C3)C2)nc1. The van der Waals surface area contributed by atoms with Gasteiger partial charge in [-0.15, -0.1) is 0 Å². The van der Waals surface area contributed by atoms with Gasteiger partial charge in [-0.05, 0) is 18.9 Å². The van der Waals surface area contributed by atoms with Gasteiger partial charge in [-0.2, -0.15) is 0 Å². The predicted octanol–water partition coefficient (Wildman–Crippen LogP) is 1.47.